The van der Waals surface area contributed by atoms with Crippen molar-refractivity contribution in [1.29, 1.82) is 0 Å². The summed E-state index contributed by atoms with van der Waals surface area (Å²) in [6, 6.07) is 0. The summed E-state index contributed by atoms with van der Waals surface area (Å²) >= 11 is 3.30. The lowest BCUT2D eigenvalue weighted by atomic mass is 10.0. The summed E-state index contributed by atoms with van der Waals surface area (Å²) in [4.78, 5) is 13.0. The number of nitrogens with zero attached hydrogens (tertiary/aromatic N) is 1. The van der Waals surface area contributed by atoms with Crippen LogP contribution in [0.5, 0.6) is 0 Å². The standard InChI is InChI=1S/C9H16BrNO4/c10-2-7-1-8(15)11(3-7)9(4-12,5-13)6-14/h7,12-14H,1-6H2. The number of carbonyl (C=O) groups is 1. The van der Waals surface area contributed by atoms with Gasteiger partial charge in [0.2, 0.25) is 5.91 Å². The topological polar surface area (TPSA) is 81.0 Å². The molecule has 88 valence electrons. The van der Waals surface area contributed by atoms with E-state index in [4.69, 9.17) is 0 Å². The van der Waals surface area contributed by atoms with Crippen molar-refractivity contribution >= 4 is 21.8 Å². The van der Waals surface area contributed by atoms with Crippen LogP contribution in [0.25, 0.3) is 0 Å². The van der Waals surface area contributed by atoms with Gasteiger partial charge in [-0.25, -0.2) is 0 Å². The number of rotatable bonds is 5. The van der Waals surface area contributed by atoms with Gasteiger partial charge in [-0.1, -0.05) is 15.9 Å². The van der Waals surface area contributed by atoms with E-state index in [0.29, 0.717) is 18.3 Å². The summed E-state index contributed by atoms with van der Waals surface area (Å²) in [5.74, 6) is 0.0538. The molecule has 0 saturated carbocycles. The molecule has 0 radical (unpaired) electrons. The zero-order valence-electron chi connectivity index (χ0n) is 8.40. The summed E-state index contributed by atoms with van der Waals surface area (Å²) in [6.45, 7) is -0.825. The zero-order chi connectivity index (χ0) is 11.5. The lowest BCUT2D eigenvalue weighted by Crippen LogP contribution is -2.57. The van der Waals surface area contributed by atoms with Crippen molar-refractivity contribution in [2.75, 3.05) is 31.7 Å². The molecule has 1 atom stereocenters. The molecule has 1 amide bonds. The van der Waals surface area contributed by atoms with Crippen LogP contribution in [-0.4, -0.2) is 63.4 Å². The molecule has 1 unspecified atom stereocenters. The molecule has 1 rings (SSSR count). The Bertz CT molecular complexity index is 224. The van der Waals surface area contributed by atoms with Gasteiger partial charge in [0.05, 0.1) is 19.8 Å². The molecule has 1 fully saturated rings. The number of aliphatic hydroxyl groups is 3. The molecule has 0 aromatic rings. The van der Waals surface area contributed by atoms with Gasteiger partial charge in [0.25, 0.3) is 0 Å². The van der Waals surface area contributed by atoms with E-state index >= 15 is 0 Å². The number of alkyl halides is 1. The van der Waals surface area contributed by atoms with Gasteiger partial charge in [-0.15, -0.1) is 0 Å². The number of carbonyl (C=O) groups excluding carboxylic acids is 1. The Morgan fingerprint density at radius 1 is 1.33 bits per heavy atom. The SMILES string of the molecule is O=C1CC(CBr)CN1C(CO)(CO)CO. The highest BCUT2D eigenvalue weighted by molar-refractivity contribution is 9.09. The monoisotopic (exact) mass is 281 g/mol. The van der Waals surface area contributed by atoms with Crippen molar-refractivity contribution in [3.63, 3.8) is 0 Å². The minimum atomic E-state index is -1.21. The second kappa shape index (κ2) is 5.25. The summed E-state index contributed by atoms with van der Waals surface area (Å²) in [5.41, 5.74) is -1.21. The number of amides is 1. The number of hydrogen-bond donors (Lipinski definition) is 3. The van der Waals surface area contributed by atoms with Crippen LogP contribution in [0.4, 0.5) is 0 Å². The van der Waals surface area contributed by atoms with Crippen LogP contribution in [0, 0.1) is 5.92 Å². The fraction of sp³-hybridized carbons (Fsp3) is 0.889. The van der Waals surface area contributed by atoms with Crippen LogP contribution in [0.1, 0.15) is 6.42 Å². The van der Waals surface area contributed by atoms with Gasteiger partial charge in [0.15, 0.2) is 0 Å². The van der Waals surface area contributed by atoms with Crippen molar-refractivity contribution in [2.24, 2.45) is 5.92 Å². The molecule has 1 aliphatic rings. The number of aliphatic hydroxyl groups excluding tert-OH is 3. The van der Waals surface area contributed by atoms with E-state index in [-0.39, 0.29) is 11.8 Å². The molecule has 0 aliphatic carbocycles. The first kappa shape index (κ1) is 12.9. The fourth-order valence-corrected chi connectivity index (χ4v) is 2.18. The average molecular weight is 282 g/mol. The number of likely N-dealkylation sites (tertiary alicyclic amines) is 1. The molecular formula is C9H16BrNO4. The minimum Gasteiger partial charge on any atom is -0.394 e. The average Bonchev–Trinajstić information content (AvgIpc) is 2.64. The van der Waals surface area contributed by atoms with Crippen molar-refractivity contribution in [1.82, 2.24) is 4.90 Å². The third-order valence-corrected chi connectivity index (χ3v) is 3.79. The predicted molar refractivity (Wildman–Crippen MR) is 57.6 cm³/mol. The summed E-state index contributed by atoms with van der Waals surface area (Å²) < 4.78 is 0. The van der Waals surface area contributed by atoms with E-state index in [1.54, 1.807) is 0 Å². The second-order valence-electron chi connectivity index (χ2n) is 3.93. The molecule has 5 nitrogen and oxygen atoms in total. The quantitative estimate of drug-likeness (QED) is 0.562. The molecule has 0 spiro atoms. The van der Waals surface area contributed by atoms with E-state index in [2.05, 4.69) is 15.9 Å². The normalized spacial score (nSPS) is 22.5. The molecule has 0 aromatic heterocycles. The highest BCUT2D eigenvalue weighted by Crippen LogP contribution is 2.27. The van der Waals surface area contributed by atoms with Crippen molar-refractivity contribution in [3.05, 3.63) is 0 Å². The molecule has 15 heavy (non-hydrogen) atoms. The van der Waals surface area contributed by atoms with Crippen LogP contribution in [0.15, 0.2) is 0 Å². The number of halogens is 1. The van der Waals surface area contributed by atoms with E-state index in [0.717, 1.165) is 0 Å². The Hall–Kier alpha value is -0.170. The second-order valence-corrected chi connectivity index (χ2v) is 4.57. The van der Waals surface area contributed by atoms with Crippen LogP contribution in [0.3, 0.4) is 0 Å². The number of hydrogen-bond acceptors (Lipinski definition) is 4. The summed E-state index contributed by atoms with van der Waals surface area (Å²) in [7, 11) is 0. The Morgan fingerprint density at radius 2 is 1.87 bits per heavy atom. The van der Waals surface area contributed by atoms with E-state index in [1.807, 2.05) is 0 Å². The highest BCUT2D eigenvalue weighted by Gasteiger charge is 2.43. The smallest absolute Gasteiger partial charge is 0.223 e. The van der Waals surface area contributed by atoms with Crippen molar-refractivity contribution in [2.45, 2.75) is 12.0 Å². The maximum Gasteiger partial charge on any atom is 0.223 e. The van der Waals surface area contributed by atoms with Gasteiger partial charge in [0, 0.05) is 18.3 Å². The Balaban J connectivity index is 2.81. The molecular weight excluding hydrogens is 266 g/mol. The first-order valence-electron chi connectivity index (χ1n) is 4.82. The van der Waals surface area contributed by atoms with Crippen molar-refractivity contribution < 1.29 is 20.1 Å². The Morgan fingerprint density at radius 3 is 2.20 bits per heavy atom. The summed E-state index contributed by atoms with van der Waals surface area (Å²) in [5, 5.41) is 28.3. The summed E-state index contributed by atoms with van der Waals surface area (Å²) in [6.07, 6.45) is 0.396. The van der Waals surface area contributed by atoms with Gasteiger partial charge >= 0.3 is 0 Å². The molecule has 0 aromatic carbocycles. The first-order chi connectivity index (χ1) is 7.13. The van der Waals surface area contributed by atoms with Crippen LogP contribution < -0.4 is 0 Å². The molecule has 1 saturated heterocycles. The maximum absolute atomic E-state index is 11.6. The van der Waals surface area contributed by atoms with E-state index in [9.17, 15) is 20.1 Å². The van der Waals surface area contributed by atoms with Gasteiger partial charge < -0.3 is 20.2 Å². The molecule has 3 N–H and O–H groups in total. The predicted octanol–water partition coefficient (Wildman–Crippen LogP) is -1.05. The third-order valence-electron chi connectivity index (χ3n) is 2.88. The van der Waals surface area contributed by atoms with Gasteiger partial charge in [0.1, 0.15) is 5.54 Å². The highest BCUT2D eigenvalue weighted by atomic mass is 79.9. The van der Waals surface area contributed by atoms with Gasteiger partial charge in [-0.05, 0) is 5.92 Å². The fourth-order valence-electron chi connectivity index (χ4n) is 1.75. The molecule has 1 aliphatic heterocycles. The van der Waals surface area contributed by atoms with E-state index < -0.39 is 25.4 Å². The van der Waals surface area contributed by atoms with Crippen LogP contribution in [-0.2, 0) is 4.79 Å². The Kier molecular flexibility index (Phi) is 4.51. The van der Waals surface area contributed by atoms with E-state index in [1.165, 1.54) is 4.90 Å². The molecule has 1 heterocycles. The third kappa shape index (κ3) is 2.33. The van der Waals surface area contributed by atoms with Gasteiger partial charge in [-0.2, -0.15) is 0 Å². The lowest BCUT2D eigenvalue weighted by Gasteiger charge is -2.37. The zero-order valence-corrected chi connectivity index (χ0v) is 9.98. The van der Waals surface area contributed by atoms with Crippen molar-refractivity contribution in [3.8, 4) is 0 Å². The maximum atomic E-state index is 11.6. The lowest BCUT2D eigenvalue weighted by molar-refractivity contribution is -0.140. The van der Waals surface area contributed by atoms with Gasteiger partial charge in [-0.3, -0.25) is 4.79 Å². The largest absolute Gasteiger partial charge is 0.394 e. The first-order valence-corrected chi connectivity index (χ1v) is 5.94. The minimum absolute atomic E-state index is 0.128. The molecule has 6 heteroatoms. The Labute approximate surface area is 96.8 Å². The van der Waals surface area contributed by atoms with Crippen LogP contribution in [0.2, 0.25) is 0 Å². The van der Waals surface area contributed by atoms with Crippen LogP contribution >= 0.6 is 15.9 Å². The molecule has 0 bridgehead atoms.